The van der Waals surface area contributed by atoms with Gasteiger partial charge in [-0.05, 0) is 30.9 Å². The summed E-state index contributed by atoms with van der Waals surface area (Å²) < 4.78 is 27.0. The summed E-state index contributed by atoms with van der Waals surface area (Å²) in [5, 5.41) is -0.508. The Hall–Kier alpha value is -1.93. The lowest BCUT2D eigenvalue weighted by molar-refractivity contribution is -0.128. The van der Waals surface area contributed by atoms with Crippen molar-refractivity contribution in [2.45, 2.75) is 18.1 Å². The summed E-state index contributed by atoms with van der Waals surface area (Å²) in [4.78, 5) is 27.7. The number of fused-ring (bicyclic) bond motifs is 1. The highest BCUT2D eigenvalue weighted by molar-refractivity contribution is 7.90. The van der Waals surface area contributed by atoms with Gasteiger partial charge in [0.15, 0.2) is 0 Å². The van der Waals surface area contributed by atoms with Crippen molar-refractivity contribution in [2.75, 3.05) is 40.3 Å². The normalized spacial score (nSPS) is 25.4. The molecule has 2 fully saturated rings. The Morgan fingerprint density at radius 3 is 2.42 bits per heavy atom. The van der Waals surface area contributed by atoms with E-state index in [4.69, 9.17) is 0 Å². The molecule has 142 valence electrons. The van der Waals surface area contributed by atoms with Crippen molar-refractivity contribution in [2.24, 2.45) is 5.92 Å². The molecular weight excluding hydrogens is 354 g/mol. The second-order valence-electron chi connectivity index (χ2n) is 7.16. The van der Waals surface area contributed by atoms with Crippen LogP contribution in [0.3, 0.4) is 0 Å². The minimum atomic E-state index is -3.51. The standard InChI is InChI=1S/C18H25N3O4S/c1-19(2)17(22)13-21-12-15-8-10-20(11-9-16(15)26(21,24)25)18(23)14-6-4-3-5-7-14/h3-7,15-16H,8-13H2,1-2H3/t15-,16-/m1/s1. The molecule has 1 aromatic carbocycles. The average Bonchev–Trinajstić information content (AvgIpc) is 2.77. The van der Waals surface area contributed by atoms with Gasteiger partial charge in [0.1, 0.15) is 0 Å². The van der Waals surface area contributed by atoms with E-state index in [0.717, 1.165) is 0 Å². The third-order valence-electron chi connectivity index (χ3n) is 5.28. The Balaban J connectivity index is 1.70. The molecule has 0 aliphatic carbocycles. The lowest BCUT2D eigenvalue weighted by Gasteiger charge is -2.22. The van der Waals surface area contributed by atoms with Crippen LogP contribution in [0.25, 0.3) is 0 Å². The maximum Gasteiger partial charge on any atom is 0.253 e. The molecule has 2 atom stereocenters. The van der Waals surface area contributed by atoms with Crippen molar-refractivity contribution >= 4 is 21.8 Å². The van der Waals surface area contributed by atoms with Crippen LogP contribution >= 0.6 is 0 Å². The lowest BCUT2D eigenvalue weighted by atomic mass is 10.0. The van der Waals surface area contributed by atoms with Gasteiger partial charge in [0.05, 0.1) is 11.8 Å². The first kappa shape index (κ1) is 18.8. The molecular formula is C18H25N3O4S. The summed E-state index contributed by atoms with van der Waals surface area (Å²) in [5.41, 5.74) is 0.626. The lowest BCUT2D eigenvalue weighted by Crippen LogP contribution is -2.39. The summed E-state index contributed by atoms with van der Waals surface area (Å²) in [6.07, 6.45) is 1.05. The van der Waals surface area contributed by atoms with Crippen LogP contribution < -0.4 is 0 Å². The van der Waals surface area contributed by atoms with Crippen molar-refractivity contribution < 1.29 is 18.0 Å². The van der Waals surface area contributed by atoms with E-state index < -0.39 is 15.3 Å². The van der Waals surface area contributed by atoms with Crippen molar-refractivity contribution in [1.82, 2.24) is 14.1 Å². The van der Waals surface area contributed by atoms with Gasteiger partial charge in [0.2, 0.25) is 15.9 Å². The zero-order chi connectivity index (χ0) is 18.9. The van der Waals surface area contributed by atoms with Gasteiger partial charge in [-0.15, -0.1) is 0 Å². The van der Waals surface area contributed by atoms with Gasteiger partial charge in [-0.1, -0.05) is 18.2 Å². The SMILES string of the molecule is CN(C)C(=O)CN1C[C@H]2CCN(C(=O)c3ccccc3)CC[C@H]2S1(=O)=O. The monoisotopic (exact) mass is 379 g/mol. The van der Waals surface area contributed by atoms with Crippen LogP contribution in [0, 0.1) is 5.92 Å². The Morgan fingerprint density at radius 2 is 1.77 bits per heavy atom. The molecule has 1 aromatic rings. The number of likely N-dealkylation sites (N-methyl/N-ethyl adjacent to an activating group) is 1. The fraction of sp³-hybridized carbons (Fsp3) is 0.556. The number of nitrogens with zero attached hydrogens (tertiary/aromatic N) is 3. The molecule has 26 heavy (non-hydrogen) atoms. The first-order valence-corrected chi connectivity index (χ1v) is 10.3. The van der Waals surface area contributed by atoms with Gasteiger partial charge in [0, 0.05) is 39.3 Å². The predicted octanol–water partition coefficient (Wildman–Crippen LogP) is 0.641. The highest BCUT2D eigenvalue weighted by Gasteiger charge is 2.47. The van der Waals surface area contributed by atoms with E-state index in [0.29, 0.717) is 38.0 Å². The molecule has 0 spiro atoms. The van der Waals surface area contributed by atoms with Gasteiger partial charge in [-0.2, -0.15) is 4.31 Å². The smallest absolute Gasteiger partial charge is 0.253 e. The summed E-state index contributed by atoms with van der Waals surface area (Å²) in [6, 6.07) is 9.06. The van der Waals surface area contributed by atoms with Crippen molar-refractivity contribution in [3.05, 3.63) is 35.9 Å². The number of carbonyl (C=O) groups is 2. The van der Waals surface area contributed by atoms with E-state index >= 15 is 0 Å². The zero-order valence-electron chi connectivity index (χ0n) is 15.2. The molecule has 0 bridgehead atoms. The Bertz CT molecular complexity index is 779. The van der Waals surface area contributed by atoms with Crippen LogP contribution in [0.2, 0.25) is 0 Å². The van der Waals surface area contributed by atoms with Crippen molar-refractivity contribution in [1.29, 1.82) is 0 Å². The summed E-state index contributed by atoms with van der Waals surface area (Å²) >= 11 is 0. The van der Waals surface area contributed by atoms with Gasteiger partial charge in [0.25, 0.3) is 5.91 Å². The van der Waals surface area contributed by atoms with Crippen LogP contribution in [0.4, 0.5) is 0 Å². The number of likely N-dealkylation sites (tertiary alicyclic amines) is 1. The van der Waals surface area contributed by atoms with E-state index in [1.165, 1.54) is 9.21 Å². The third-order valence-corrected chi connectivity index (χ3v) is 7.66. The summed E-state index contributed by atoms with van der Waals surface area (Å²) in [7, 11) is -0.263. The Labute approximate surface area is 154 Å². The molecule has 7 nitrogen and oxygen atoms in total. The minimum absolute atomic E-state index is 0.0384. The maximum atomic E-state index is 12.8. The molecule has 2 amide bonds. The molecule has 3 rings (SSSR count). The van der Waals surface area contributed by atoms with Crippen molar-refractivity contribution in [3.63, 3.8) is 0 Å². The number of hydrogen-bond donors (Lipinski definition) is 0. The van der Waals surface area contributed by atoms with E-state index in [-0.39, 0.29) is 24.3 Å². The Morgan fingerprint density at radius 1 is 1.12 bits per heavy atom. The van der Waals surface area contributed by atoms with Crippen LogP contribution in [-0.2, 0) is 14.8 Å². The number of amides is 2. The second kappa shape index (κ2) is 7.36. The molecule has 2 heterocycles. The largest absolute Gasteiger partial charge is 0.348 e. The van der Waals surface area contributed by atoms with E-state index in [2.05, 4.69) is 0 Å². The molecule has 8 heteroatoms. The average molecular weight is 379 g/mol. The number of hydrogen-bond acceptors (Lipinski definition) is 4. The van der Waals surface area contributed by atoms with E-state index in [1.807, 2.05) is 18.2 Å². The van der Waals surface area contributed by atoms with Crippen LogP contribution in [0.5, 0.6) is 0 Å². The Kier molecular flexibility index (Phi) is 5.34. The third kappa shape index (κ3) is 3.61. The fourth-order valence-electron chi connectivity index (χ4n) is 3.71. The summed E-state index contributed by atoms with van der Waals surface area (Å²) in [5.74, 6) is -0.308. The summed E-state index contributed by atoms with van der Waals surface area (Å²) in [6.45, 7) is 1.22. The molecule has 0 radical (unpaired) electrons. The highest BCUT2D eigenvalue weighted by Crippen LogP contribution is 2.34. The van der Waals surface area contributed by atoms with Gasteiger partial charge in [-0.3, -0.25) is 9.59 Å². The van der Waals surface area contributed by atoms with E-state index in [1.54, 1.807) is 31.1 Å². The quantitative estimate of drug-likeness (QED) is 0.772. The second-order valence-corrected chi connectivity index (χ2v) is 9.31. The fourth-order valence-corrected chi connectivity index (χ4v) is 5.89. The van der Waals surface area contributed by atoms with Gasteiger partial charge in [-0.25, -0.2) is 8.42 Å². The number of rotatable bonds is 3. The number of sulfonamides is 1. The first-order chi connectivity index (χ1) is 12.3. The molecule has 2 aliphatic heterocycles. The molecule has 0 N–H and O–H groups in total. The van der Waals surface area contributed by atoms with Gasteiger partial charge < -0.3 is 9.80 Å². The molecule has 2 saturated heterocycles. The molecule has 0 unspecified atom stereocenters. The molecule has 0 aromatic heterocycles. The zero-order valence-corrected chi connectivity index (χ0v) is 16.0. The van der Waals surface area contributed by atoms with Crippen LogP contribution in [-0.4, -0.2) is 79.9 Å². The van der Waals surface area contributed by atoms with E-state index in [9.17, 15) is 18.0 Å². The van der Waals surface area contributed by atoms with Gasteiger partial charge >= 0.3 is 0 Å². The predicted molar refractivity (Wildman–Crippen MR) is 98.0 cm³/mol. The topological polar surface area (TPSA) is 78.0 Å². The first-order valence-electron chi connectivity index (χ1n) is 8.84. The van der Waals surface area contributed by atoms with Crippen LogP contribution in [0.15, 0.2) is 30.3 Å². The van der Waals surface area contributed by atoms with Crippen LogP contribution in [0.1, 0.15) is 23.2 Å². The van der Waals surface area contributed by atoms with Crippen molar-refractivity contribution in [3.8, 4) is 0 Å². The molecule has 0 saturated carbocycles. The minimum Gasteiger partial charge on any atom is -0.348 e. The molecule has 2 aliphatic rings. The highest BCUT2D eigenvalue weighted by atomic mass is 32.2. The number of carbonyl (C=O) groups excluding carboxylic acids is 2. The maximum absolute atomic E-state index is 12.8. The number of benzene rings is 1.